The van der Waals surface area contributed by atoms with Crippen LogP contribution < -0.4 is 0 Å². The van der Waals surface area contributed by atoms with Crippen molar-refractivity contribution in [2.45, 2.75) is 30.2 Å². The molecule has 0 atom stereocenters. The molecule has 29 heavy (non-hydrogen) atoms. The lowest BCUT2D eigenvalue weighted by Gasteiger charge is -2.29. The Morgan fingerprint density at radius 1 is 1.07 bits per heavy atom. The van der Waals surface area contributed by atoms with Crippen LogP contribution in [0.4, 0.5) is 4.79 Å². The average Bonchev–Trinajstić information content (AvgIpc) is 3.06. The highest BCUT2D eigenvalue weighted by atomic mass is 32.2. The van der Waals surface area contributed by atoms with Gasteiger partial charge in [-0.3, -0.25) is 0 Å². The van der Waals surface area contributed by atoms with Crippen LogP contribution >= 0.6 is 0 Å². The van der Waals surface area contributed by atoms with E-state index in [0.717, 1.165) is 23.9 Å². The van der Waals surface area contributed by atoms with Crippen molar-refractivity contribution in [2.75, 3.05) is 19.3 Å². The van der Waals surface area contributed by atoms with Crippen molar-refractivity contribution in [3.05, 3.63) is 65.9 Å². The number of piperidine rings is 1. The summed E-state index contributed by atoms with van der Waals surface area (Å²) in [5.74, 6) is 0.337. The molecular formula is C22H24N2O4S. The predicted molar refractivity (Wildman–Crippen MR) is 112 cm³/mol. The highest BCUT2D eigenvalue weighted by Gasteiger charge is 2.25. The number of likely N-dealkylation sites (tertiary alicyclic amines) is 1. The van der Waals surface area contributed by atoms with Gasteiger partial charge in [0.05, 0.1) is 4.90 Å². The molecule has 3 aromatic rings. The fourth-order valence-electron chi connectivity index (χ4n) is 4.15. The number of benzene rings is 2. The molecule has 0 bridgehead atoms. The summed E-state index contributed by atoms with van der Waals surface area (Å²) in [7, 11) is -3.20. The second-order valence-corrected chi connectivity index (χ2v) is 9.71. The first kappa shape index (κ1) is 19.5. The number of carboxylic acid groups (broad SMARTS) is 1. The number of amides is 1. The van der Waals surface area contributed by atoms with E-state index in [0.29, 0.717) is 30.4 Å². The molecule has 2 heterocycles. The first-order valence-electron chi connectivity index (χ1n) is 9.67. The SMILES string of the molecule is CS(=O)(=O)c1ccc(Cn2cc(C3CCN(C(=O)O)CC3)c3ccccc32)cc1. The normalized spacial score (nSPS) is 15.7. The van der Waals surface area contributed by atoms with Crippen LogP contribution in [0, 0.1) is 0 Å². The van der Waals surface area contributed by atoms with Crippen LogP contribution in [0.1, 0.15) is 29.9 Å². The summed E-state index contributed by atoms with van der Waals surface area (Å²) >= 11 is 0. The number of aromatic nitrogens is 1. The molecule has 152 valence electrons. The Labute approximate surface area is 170 Å². The van der Waals surface area contributed by atoms with Crippen molar-refractivity contribution in [3.8, 4) is 0 Å². The lowest BCUT2D eigenvalue weighted by molar-refractivity contribution is 0.132. The molecule has 1 aromatic heterocycles. The third-order valence-corrected chi connectivity index (χ3v) is 6.86. The smallest absolute Gasteiger partial charge is 0.407 e. The molecule has 1 aliphatic heterocycles. The quantitative estimate of drug-likeness (QED) is 0.704. The first-order valence-corrected chi connectivity index (χ1v) is 11.6. The minimum atomic E-state index is -3.20. The second kappa shape index (κ2) is 7.55. The summed E-state index contributed by atoms with van der Waals surface area (Å²) < 4.78 is 25.5. The van der Waals surface area contributed by atoms with E-state index < -0.39 is 15.9 Å². The van der Waals surface area contributed by atoms with Gasteiger partial charge in [-0.25, -0.2) is 13.2 Å². The third kappa shape index (κ3) is 4.00. The van der Waals surface area contributed by atoms with E-state index in [-0.39, 0.29) is 0 Å². The number of para-hydroxylation sites is 1. The Hall–Kier alpha value is -2.80. The monoisotopic (exact) mass is 412 g/mol. The Morgan fingerprint density at radius 2 is 1.72 bits per heavy atom. The van der Waals surface area contributed by atoms with Gasteiger partial charge in [0, 0.05) is 43.0 Å². The maximum atomic E-state index is 11.7. The molecule has 1 saturated heterocycles. The molecule has 0 aliphatic carbocycles. The summed E-state index contributed by atoms with van der Waals surface area (Å²) in [6.45, 7) is 1.78. The molecule has 6 nitrogen and oxygen atoms in total. The van der Waals surface area contributed by atoms with Gasteiger partial charge in [-0.1, -0.05) is 30.3 Å². The molecule has 1 amide bonds. The lowest BCUT2D eigenvalue weighted by Crippen LogP contribution is -2.36. The van der Waals surface area contributed by atoms with E-state index >= 15 is 0 Å². The molecule has 1 aliphatic rings. The fourth-order valence-corrected chi connectivity index (χ4v) is 4.78. The van der Waals surface area contributed by atoms with Crippen LogP contribution in [-0.2, 0) is 16.4 Å². The molecule has 1 N–H and O–H groups in total. The number of nitrogens with zero attached hydrogens (tertiary/aromatic N) is 2. The van der Waals surface area contributed by atoms with Crippen molar-refractivity contribution < 1.29 is 18.3 Å². The number of hydrogen-bond donors (Lipinski definition) is 1. The van der Waals surface area contributed by atoms with Crippen molar-refractivity contribution in [1.29, 1.82) is 0 Å². The minimum Gasteiger partial charge on any atom is -0.465 e. The van der Waals surface area contributed by atoms with Crippen molar-refractivity contribution in [2.24, 2.45) is 0 Å². The van der Waals surface area contributed by atoms with Crippen molar-refractivity contribution in [1.82, 2.24) is 9.47 Å². The zero-order valence-electron chi connectivity index (χ0n) is 16.3. The van der Waals surface area contributed by atoms with Gasteiger partial charge in [0.2, 0.25) is 0 Å². The van der Waals surface area contributed by atoms with Crippen LogP contribution in [0.5, 0.6) is 0 Å². The van der Waals surface area contributed by atoms with Crippen LogP contribution in [0.2, 0.25) is 0 Å². The molecule has 0 radical (unpaired) electrons. The maximum absolute atomic E-state index is 11.7. The zero-order chi connectivity index (χ0) is 20.6. The maximum Gasteiger partial charge on any atom is 0.407 e. The van der Waals surface area contributed by atoms with E-state index in [2.05, 4.69) is 22.9 Å². The van der Waals surface area contributed by atoms with E-state index in [1.165, 1.54) is 22.1 Å². The van der Waals surface area contributed by atoms with Crippen LogP contribution in [0.15, 0.2) is 59.6 Å². The Balaban J connectivity index is 1.62. The van der Waals surface area contributed by atoms with E-state index in [1.807, 2.05) is 24.3 Å². The Kier molecular flexibility index (Phi) is 5.08. The molecule has 2 aromatic carbocycles. The Morgan fingerprint density at radius 3 is 2.34 bits per heavy atom. The highest BCUT2D eigenvalue weighted by Crippen LogP contribution is 2.34. The zero-order valence-corrected chi connectivity index (χ0v) is 17.1. The molecular weight excluding hydrogens is 388 g/mol. The summed E-state index contributed by atoms with van der Waals surface area (Å²) in [5, 5.41) is 10.4. The van der Waals surface area contributed by atoms with Crippen molar-refractivity contribution >= 4 is 26.8 Å². The average molecular weight is 413 g/mol. The first-order chi connectivity index (χ1) is 13.8. The number of sulfone groups is 1. The Bertz CT molecular complexity index is 1140. The van der Waals surface area contributed by atoms with Gasteiger partial charge in [-0.05, 0) is 48.1 Å². The van der Waals surface area contributed by atoms with Crippen LogP contribution in [-0.4, -0.2) is 48.4 Å². The van der Waals surface area contributed by atoms with Gasteiger partial charge in [0.25, 0.3) is 0 Å². The summed E-state index contributed by atoms with van der Waals surface area (Å²) in [6, 6.07) is 15.3. The predicted octanol–water partition coefficient (Wildman–Crippen LogP) is 3.95. The van der Waals surface area contributed by atoms with Gasteiger partial charge < -0.3 is 14.6 Å². The molecule has 1 fully saturated rings. The molecule has 0 unspecified atom stereocenters. The number of fused-ring (bicyclic) bond motifs is 1. The van der Waals surface area contributed by atoms with Gasteiger partial charge in [-0.15, -0.1) is 0 Å². The lowest BCUT2D eigenvalue weighted by atomic mass is 9.89. The van der Waals surface area contributed by atoms with Gasteiger partial charge in [0.1, 0.15) is 0 Å². The highest BCUT2D eigenvalue weighted by molar-refractivity contribution is 7.90. The topological polar surface area (TPSA) is 79.6 Å². The van der Waals surface area contributed by atoms with Gasteiger partial charge in [0.15, 0.2) is 9.84 Å². The number of carbonyl (C=O) groups is 1. The molecule has 4 rings (SSSR count). The molecule has 0 spiro atoms. The molecule has 7 heteroatoms. The van der Waals surface area contributed by atoms with Gasteiger partial charge >= 0.3 is 6.09 Å². The minimum absolute atomic E-state index is 0.324. The van der Waals surface area contributed by atoms with Crippen LogP contribution in [0.25, 0.3) is 10.9 Å². The fraction of sp³-hybridized carbons (Fsp3) is 0.318. The summed E-state index contributed by atoms with van der Waals surface area (Å²) in [5.41, 5.74) is 3.43. The van der Waals surface area contributed by atoms with E-state index in [4.69, 9.17) is 0 Å². The van der Waals surface area contributed by atoms with E-state index in [1.54, 1.807) is 12.1 Å². The van der Waals surface area contributed by atoms with Gasteiger partial charge in [-0.2, -0.15) is 0 Å². The largest absolute Gasteiger partial charge is 0.465 e. The third-order valence-electron chi connectivity index (χ3n) is 5.73. The van der Waals surface area contributed by atoms with Crippen molar-refractivity contribution in [3.63, 3.8) is 0 Å². The summed E-state index contributed by atoms with van der Waals surface area (Å²) in [4.78, 5) is 13.0. The number of rotatable bonds is 4. The number of hydrogen-bond acceptors (Lipinski definition) is 3. The molecule has 0 saturated carbocycles. The van der Waals surface area contributed by atoms with Crippen LogP contribution in [0.3, 0.4) is 0 Å². The standard InChI is InChI=1S/C22H24N2O4S/c1-29(27,28)18-8-6-16(7-9-18)14-24-15-20(19-4-2-3-5-21(19)24)17-10-12-23(13-11-17)22(25)26/h2-9,15,17H,10-14H2,1H3,(H,25,26). The summed E-state index contributed by atoms with van der Waals surface area (Å²) in [6.07, 6.45) is 4.19. The van der Waals surface area contributed by atoms with E-state index in [9.17, 15) is 18.3 Å². The second-order valence-electron chi connectivity index (χ2n) is 7.69.